The Kier molecular flexibility index (Phi) is 6.83. The molecular formula is C25H25N3O6. The number of ether oxygens (including phenoxy) is 2. The molecule has 9 heteroatoms. The number of rotatable bonds is 9. The lowest BCUT2D eigenvalue weighted by Gasteiger charge is -2.28. The molecule has 34 heavy (non-hydrogen) atoms. The highest BCUT2D eigenvalue weighted by molar-refractivity contribution is 6.48. The smallest absolute Gasteiger partial charge is 0.295 e. The summed E-state index contributed by atoms with van der Waals surface area (Å²) in [6.45, 7) is 3.99. The molecule has 0 aliphatic carbocycles. The first-order valence-corrected chi connectivity index (χ1v) is 10.9. The summed E-state index contributed by atoms with van der Waals surface area (Å²) in [5.74, 6) is -3.15. The Hall–Kier alpha value is -3.85. The largest absolute Gasteiger partial charge is 0.475 e. The van der Waals surface area contributed by atoms with E-state index in [4.69, 9.17) is 14.0 Å². The lowest BCUT2D eigenvalue weighted by atomic mass is 9.85. The number of methoxy groups -OCH3 is 1. The lowest BCUT2D eigenvalue weighted by molar-refractivity contribution is -0.139. The van der Waals surface area contributed by atoms with Gasteiger partial charge in [-0.1, -0.05) is 31.1 Å². The molecule has 0 bridgehead atoms. The minimum atomic E-state index is -1.17. The zero-order valence-electron chi connectivity index (χ0n) is 19.1. The summed E-state index contributed by atoms with van der Waals surface area (Å²) < 4.78 is 15.7. The molecular weight excluding hydrogens is 438 g/mol. The van der Waals surface area contributed by atoms with Crippen molar-refractivity contribution in [1.82, 2.24) is 10.1 Å². The Morgan fingerprint density at radius 2 is 1.88 bits per heavy atom. The zero-order valence-corrected chi connectivity index (χ0v) is 19.1. The number of hydrogen-bond acceptors (Lipinski definition) is 8. The number of aromatic nitrogens is 2. The van der Waals surface area contributed by atoms with E-state index in [9.17, 15) is 14.4 Å². The Labute approximate surface area is 196 Å². The van der Waals surface area contributed by atoms with Gasteiger partial charge in [0.25, 0.3) is 5.91 Å². The maximum atomic E-state index is 13.2. The van der Waals surface area contributed by atoms with Crippen LogP contribution in [0.15, 0.2) is 59.4 Å². The highest BCUT2D eigenvalue weighted by Crippen LogP contribution is 2.43. The van der Waals surface area contributed by atoms with E-state index in [1.165, 1.54) is 11.2 Å². The van der Waals surface area contributed by atoms with Crippen molar-refractivity contribution in [2.75, 3.05) is 25.2 Å². The van der Waals surface area contributed by atoms with Crippen molar-refractivity contribution in [2.24, 2.45) is 11.8 Å². The molecule has 2 aromatic heterocycles. The van der Waals surface area contributed by atoms with Gasteiger partial charge in [0.1, 0.15) is 30.3 Å². The van der Waals surface area contributed by atoms with Gasteiger partial charge in [0, 0.05) is 42.1 Å². The molecule has 4 rings (SSSR count). The van der Waals surface area contributed by atoms with Crippen molar-refractivity contribution in [3.8, 4) is 17.1 Å². The minimum absolute atomic E-state index is 0.227. The van der Waals surface area contributed by atoms with Gasteiger partial charge in [0.05, 0.1) is 12.6 Å². The molecule has 0 radical (unpaired) electrons. The number of amides is 1. The average molecular weight is 463 g/mol. The summed E-state index contributed by atoms with van der Waals surface area (Å²) in [4.78, 5) is 45.2. The van der Waals surface area contributed by atoms with Crippen LogP contribution in [-0.2, 0) is 19.1 Å². The minimum Gasteiger partial charge on any atom is -0.475 e. The Morgan fingerprint density at radius 1 is 1.12 bits per heavy atom. The SMILES string of the molecule is COCCOc1ncccc1C1C(C(=O)C(C)C)C(=O)C(=O)N1c1ccc(-c2ccon2)cc1. The first-order valence-electron chi connectivity index (χ1n) is 10.9. The van der Waals surface area contributed by atoms with Gasteiger partial charge in [-0.15, -0.1) is 0 Å². The Bertz CT molecular complexity index is 1170. The number of Topliss-reactive ketones (excluding diaryl/α,β-unsaturated/α-hetero) is 2. The Morgan fingerprint density at radius 3 is 2.53 bits per heavy atom. The van der Waals surface area contributed by atoms with Crippen LogP contribution in [0.1, 0.15) is 25.5 Å². The highest BCUT2D eigenvalue weighted by Gasteiger charge is 2.53. The number of hydrogen-bond donors (Lipinski definition) is 0. The standard InChI is InChI=1S/C25H25N3O6/c1-15(2)22(29)20-21(18-5-4-11-26-24(18)33-14-13-32-3)28(25(31)23(20)30)17-8-6-16(7-9-17)19-10-12-34-27-19/h4-12,15,20-21H,13-14H2,1-3H3. The van der Waals surface area contributed by atoms with E-state index in [0.29, 0.717) is 23.6 Å². The number of nitrogens with zero attached hydrogens (tertiary/aromatic N) is 3. The average Bonchev–Trinajstić information content (AvgIpc) is 3.47. The molecule has 1 aliphatic heterocycles. The molecule has 2 atom stereocenters. The van der Waals surface area contributed by atoms with Crippen LogP contribution in [0.25, 0.3) is 11.3 Å². The van der Waals surface area contributed by atoms with Gasteiger partial charge < -0.3 is 14.0 Å². The van der Waals surface area contributed by atoms with Gasteiger partial charge in [-0.25, -0.2) is 4.98 Å². The van der Waals surface area contributed by atoms with Crippen molar-refractivity contribution in [3.63, 3.8) is 0 Å². The van der Waals surface area contributed by atoms with Crippen molar-refractivity contribution in [3.05, 3.63) is 60.5 Å². The fourth-order valence-electron chi connectivity index (χ4n) is 4.04. The predicted molar refractivity (Wildman–Crippen MR) is 122 cm³/mol. The van der Waals surface area contributed by atoms with Crippen molar-refractivity contribution >= 4 is 23.2 Å². The van der Waals surface area contributed by atoms with E-state index in [1.54, 1.807) is 69.6 Å². The summed E-state index contributed by atoms with van der Waals surface area (Å²) in [6.07, 6.45) is 3.03. The zero-order chi connectivity index (χ0) is 24.2. The number of pyridine rings is 1. The third-order valence-corrected chi connectivity index (χ3v) is 5.71. The predicted octanol–water partition coefficient (Wildman–Crippen LogP) is 3.26. The molecule has 1 aromatic carbocycles. The number of ketones is 2. The second kappa shape index (κ2) is 9.96. The van der Waals surface area contributed by atoms with Gasteiger partial charge in [-0.05, 0) is 24.3 Å². The van der Waals surface area contributed by atoms with Crippen LogP contribution >= 0.6 is 0 Å². The molecule has 1 saturated heterocycles. The molecule has 0 N–H and O–H groups in total. The van der Waals surface area contributed by atoms with Gasteiger partial charge in [-0.2, -0.15) is 0 Å². The summed E-state index contributed by atoms with van der Waals surface area (Å²) >= 11 is 0. The van der Waals surface area contributed by atoms with Crippen molar-refractivity contribution < 1.29 is 28.4 Å². The van der Waals surface area contributed by atoms with E-state index in [0.717, 1.165) is 5.56 Å². The fraction of sp³-hybridized carbons (Fsp3) is 0.320. The molecule has 3 aromatic rings. The second-order valence-electron chi connectivity index (χ2n) is 8.19. The first kappa shape index (κ1) is 23.3. The molecule has 0 spiro atoms. The van der Waals surface area contributed by atoms with E-state index in [1.807, 2.05) is 0 Å². The van der Waals surface area contributed by atoms with E-state index in [2.05, 4.69) is 10.1 Å². The van der Waals surface area contributed by atoms with Crippen LogP contribution in [0, 0.1) is 11.8 Å². The van der Waals surface area contributed by atoms with E-state index in [-0.39, 0.29) is 18.3 Å². The maximum Gasteiger partial charge on any atom is 0.295 e. The molecule has 176 valence electrons. The van der Waals surface area contributed by atoms with Gasteiger partial charge in [0.2, 0.25) is 11.7 Å². The summed E-state index contributed by atoms with van der Waals surface area (Å²) in [5.41, 5.74) is 2.38. The van der Waals surface area contributed by atoms with Crippen LogP contribution in [-0.4, -0.2) is 47.9 Å². The van der Waals surface area contributed by atoms with Crippen molar-refractivity contribution in [1.29, 1.82) is 0 Å². The fourth-order valence-corrected chi connectivity index (χ4v) is 4.04. The summed E-state index contributed by atoms with van der Waals surface area (Å²) in [7, 11) is 1.55. The van der Waals surface area contributed by atoms with Crippen LogP contribution < -0.4 is 9.64 Å². The van der Waals surface area contributed by atoms with Gasteiger partial charge >= 0.3 is 0 Å². The normalized spacial score (nSPS) is 18.1. The molecule has 3 heterocycles. The summed E-state index contributed by atoms with van der Waals surface area (Å²) in [5, 5.41) is 3.92. The molecule has 0 saturated carbocycles. The van der Waals surface area contributed by atoms with Crippen LogP contribution in [0.3, 0.4) is 0 Å². The monoisotopic (exact) mass is 463 g/mol. The third kappa shape index (κ3) is 4.34. The third-order valence-electron chi connectivity index (χ3n) is 5.71. The topological polar surface area (TPSA) is 112 Å². The van der Waals surface area contributed by atoms with Crippen LogP contribution in [0.2, 0.25) is 0 Å². The van der Waals surface area contributed by atoms with Crippen molar-refractivity contribution in [2.45, 2.75) is 19.9 Å². The molecule has 9 nitrogen and oxygen atoms in total. The quantitative estimate of drug-likeness (QED) is 0.270. The highest BCUT2D eigenvalue weighted by atomic mass is 16.5. The van der Waals surface area contributed by atoms with Crippen LogP contribution in [0.4, 0.5) is 5.69 Å². The maximum absolute atomic E-state index is 13.2. The van der Waals surface area contributed by atoms with E-state index >= 15 is 0 Å². The molecule has 1 amide bonds. The first-order chi connectivity index (χ1) is 16.4. The van der Waals surface area contributed by atoms with E-state index < -0.39 is 29.6 Å². The lowest BCUT2D eigenvalue weighted by Crippen LogP contribution is -2.32. The number of carbonyl (C=O) groups excluding carboxylic acids is 3. The second-order valence-corrected chi connectivity index (χ2v) is 8.19. The van der Waals surface area contributed by atoms with Gasteiger partial charge in [-0.3, -0.25) is 19.3 Å². The summed E-state index contributed by atoms with van der Waals surface area (Å²) in [6, 6.07) is 11.2. The number of anilines is 1. The molecule has 2 unspecified atom stereocenters. The molecule has 1 fully saturated rings. The number of carbonyl (C=O) groups is 3. The molecule has 1 aliphatic rings. The van der Waals surface area contributed by atoms with Crippen LogP contribution in [0.5, 0.6) is 5.88 Å². The number of benzene rings is 1. The Balaban J connectivity index is 1.79. The van der Waals surface area contributed by atoms with Gasteiger partial charge in [0.15, 0.2) is 0 Å².